The lowest BCUT2D eigenvalue weighted by Crippen LogP contribution is -2.06. The monoisotopic (exact) mass is 405 g/mol. The molecule has 2 aromatic rings. The van der Waals surface area contributed by atoms with Gasteiger partial charge in [-0.25, -0.2) is 0 Å². The van der Waals surface area contributed by atoms with Crippen LogP contribution < -0.4 is 5.73 Å². The smallest absolute Gasteiger partial charge is 0.0125 e. The molecule has 0 aromatic heterocycles. The summed E-state index contributed by atoms with van der Waals surface area (Å²) in [4.78, 5) is 0. The van der Waals surface area contributed by atoms with Crippen LogP contribution in [0.1, 0.15) is 75.5 Å². The fraction of sp³-hybridized carbons (Fsp3) is 0.379. The standard InChI is InChI=1S/C15H20.C9H12.C3H6.C2H5N/c1-3-13-7-9-14(10-8-13)15-6-4-5-12(2)11-15;1-2-6-9-7-4-3-5-8-9;1-3-2;1-2-3/h7-10,15H,2-6,11H2,1H3;3-5,7-8H,2,6H2,1H3;3H,1H2,2H3;2H,1,3H2. The first-order valence-electron chi connectivity index (χ1n) is 11.2. The van der Waals surface area contributed by atoms with Gasteiger partial charge in [0.1, 0.15) is 0 Å². The summed E-state index contributed by atoms with van der Waals surface area (Å²) in [5, 5.41) is 0. The molecule has 0 saturated heterocycles. The van der Waals surface area contributed by atoms with Crippen LogP contribution >= 0.6 is 0 Å². The highest BCUT2D eigenvalue weighted by Gasteiger charge is 2.17. The van der Waals surface area contributed by atoms with Gasteiger partial charge in [-0.3, -0.25) is 0 Å². The minimum atomic E-state index is 0.733. The van der Waals surface area contributed by atoms with E-state index in [4.69, 9.17) is 0 Å². The summed E-state index contributed by atoms with van der Waals surface area (Å²) in [6.07, 6.45) is 11.7. The zero-order valence-electron chi connectivity index (χ0n) is 19.6. The van der Waals surface area contributed by atoms with Crippen molar-refractivity contribution >= 4 is 0 Å². The van der Waals surface area contributed by atoms with Gasteiger partial charge in [0.2, 0.25) is 0 Å². The van der Waals surface area contributed by atoms with Crippen molar-refractivity contribution in [1.82, 2.24) is 0 Å². The van der Waals surface area contributed by atoms with Crippen molar-refractivity contribution in [3.63, 3.8) is 0 Å². The van der Waals surface area contributed by atoms with Crippen LogP contribution in [0, 0.1) is 0 Å². The minimum Gasteiger partial charge on any atom is -0.405 e. The molecule has 0 radical (unpaired) electrons. The van der Waals surface area contributed by atoms with Gasteiger partial charge in [0.05, 0.1) is 0 Å². The van der Waals surface area contributed by atoms with Crippen LogP contribution in [0.3, 0.4) is 0 Å². The Morgan fingerprint density at radius 1 is 0.967 bits per heavy atom. The van der Waals surface area contributed by atoms with Crippen molar-refractivity contribution in [3.05, 3.63) is 109 Å². The van der Waals surface area contributed by atoms with Crippen molar-refractivity contribution in [2.45, 2.75) is 71.6 Å². The summed E-state index contributed by atoms with van der Waals surface area (Å²) in [5.41, 5.74) is 10.4. The Balaban J connectivity index is 0.000000477. The van der Waals surface area contributed by atoms with E-state index in [-0.39, 0.29) is 0 Å². The zero-order valence-corrected chi connectivity index (χ0v) is 19.6. The Morgan fingerprint density at radius 3 is 2.00 bits per heavy atom. The molecule has 30 heavy (non-hydrogen) atoms. The normalized spacial score (nSPS) is 14.5. The molecule has 1 saturated carbocycles. The van der Waals surface area contributed by atoms with Crippen molar-refractivity contribution in [1.29, 1.82) is 0 Å². The molecule has 1 fully saturated rings. The second-order valence-corrected chi connectivity index (χ2v) is 7.52. The first-order valence-corrected chi connectivity index (χ1v) is 11.2. The quantitative estimate of drug-likeness (QED) is 0.508. The third-order valence-electron chi connectivity index (χ3n) is 4.86. The highest BCUT2D eigenvalue weighted by Crippen LogP contribution is 2.34. The van der Waals surface area contributed by atoms with Gasteiger partial charge in [-0.05, 0) is 74.3 Å². The number of aryl methyl sites for hydroxylation is 2. The number of allylic oxidation sites excluding steroid dienone is 2. The van der Waals surface area contributed by atoms with Crippen LogP contribution in [0.5, 0.6) is 0 Å². The summed E-state index contributed by atoms with van der Waals surface area (Å²) in [6.45, 7) is 16.9. The zero-order chi connectivity index (χ0) is 22.6. The van der Waals surface area contributed by atoms with Crippen LogP contribution in [0.25, 0.3) is 0 Å². The molecule has 0 aliphatic heterocycles. The third-order valence-corrected chi connectivity index (χ3v) is 4.86. The first-order chi connectivity index (χ1) is 14.6. The predicted molar refractivity (Wildman–Crippen MR) is 137 cm³/mol. The lowest BCUT2D eigenvalue weighted by Gasteiger charge is -2.24. The second-order valence-electron chi connectivity index (χ2n) is 7.52. The molecule has 164 valence electrons. The predicted octanol–water partition coefficient (Wildman–Crippen LogP) is 8.38. The maximum atomic E-state index is 4.61. The van der Waals surface area contributed by atoms with E-state index in [0.717, 1.165) is 12.3 Å². The highest BCUT2D eigenvalue weighted by molar-refractivity contribution is 5.27. The van der Waals surface area contributed by atoms with E-state index in [0.29, 0.717) is 0 Å². The van der Waals surface area contributed by atoms with Gasteiger partial charge in [0.25, 0.3) is 0 Å². The molecule has 1 heteroatoms. The molecule has 1 nitrogen and oxygen atoms in total. The van der Waals surface area contributed by atoms with E-state index in [2.05, 4.69) is 93.9 Å². The summed E-state index contributed by atoms with van der Waals surface area (Å²) in [7, 11) is 0. The van der Waals surface area contributed by atoms with E-state index in [1.54, 1.807) is 6.08 Å². The molecule has 1 aliphatic rings. The molecule has 1 atom stereocenters. The molecule has 1 unspecified atom stereocenters. The van der Waals surface area contributed by atoms with Gasteiger partial charge in [-0.15, -0.1) is 6.58 Å². The van der Waals surface area contributed by atoms with E-state index < -0.39 is 0 Å². The van der Waals surface area contributed by atoms with Crippen LogP contribution in [-0.4, -0.2) is 0 Å². The van der Waals surface area contributed by atoms with E-state index in [1.807, 2.05) is 6.92 Å². The van der Waals surface area contributed by atoms with Crippen molar-refractivity contribution < 1.29 is 0 Å². The third kappa shape index (κ3) is 12.8. The van der Waals surface area contributed by atoms with Crippen molar-refractivity contribution in [2.24, 2.45) is 5.73 Å². The Bertz CT molecular complexity index is 676. The highest BCUT2D eigenvalue weighted by atomic mass is 14.5. The summed E-state index contributed by atoms with van der Waals surface area (Å²) < 4.78 is 0. The van der Waals surface area contributed by atoms with E-state index in [1.165, 1.54) is 67.0 Å². The average molecular weight is 406 g/mol. The number of rotatable bonds is 4. The topological polar surface area (TPSA) is 26.0 Å². The van der Waals surface area contributed by atoms with Crippen LogP contribution in [0.4, 0.5) is 0 Å². The number of nitrogens with two attached hydrogens (primary N) is 1. The number of hydrogen-bond donors (Lipinski definition) is 1. The molecule has 0 amide bonds. The van der Waals surface area contributed by atoms with Crippen LogP contribution in [0.2, 0.25) is 0 Å². The van der Waals surface area contributed by atoms with Gasteiger partial charge in [-0.2, -0.15) is 0 Å². The van der Waals surface area contributed by atoms with Gasteiger partial charge >= 0.3 is 0 Å². The summed E-state index contributed by atoms with van der Waals surface area (Å²) >= 11 is 0. The molecular weight excluding hydrogens is 362 g/mol. The maximum Gasteiger partial charge on any atom is -0.0125 e. The maximum absolute atomic E-state index is 4.61. The molecule has 3 rings (SSSR count). The average Bonchev–Trinajstić information content (AvgIpc) is 2.76. The van der Waals surface area contributed by atoms with E-state index >= 15 is 0 Å². The van der Waals surface area contributed by atoms with Crippen LogP contribution in [-0.2, 0) is 12.8 Å². The number of benzene rings is 2. The molecule has 0 spiro atoms. The first kappa shape index (κ1) is 27.5. The van der Waals surface area contributed by atoms with E-state index in [9.17, 15) is 0 Å². The van der Waals surface area contributed by atoms with Gasteiger partial charge in [-0.1, -0.05) is 99.7 Å². The molecule has 2 aromatic carbocycles. The van der Waals surface area contributed by atoms with Crippen molar-refractivity contribution in [3.8, 4) is 0 Å². The summed E-state index contributed by atoms with van der Waals surface area (Å²) in [5.74, 6) is 0.733. The van der Waals surface area contributed by atoms with Gasteiger partial charge in [0, 0.05) is 0 Å². The Morgan fingerprint density at radius 2 is 1.53 bits per heavy atom. The van der Waals surface area contributed by atoms with Gasteiger partial charge < -0.3 is 5.73 Å². The fourth-order valence-electron chi connectivity index (χ4n) is 3.39. The molecule has 2 N–H and O–H groups in total. The van der Waals surface area contributed by atoms with Crippen molar-refractivity contribution in [2.75, 3.05) is 0 Å². The molecule has 0 heterocycles. The number of hydrogen-bond acceptors (Lipinski definition) is 1. The Kier molecular flexibility index (Phi) is 16.9. The SMILES string of the molecule is C=C1CCCC(c2ccc(CC)cc2)C1.C=CC.C=CN.CCCc1ccccc1. The lowest BCUT2D eigenvalue weighted by molar-refractivity contribution is 0.524. The molecular formula is C29H43N. The minimum absolute atomic E-state index is 0.733. The molecule has 0 bridgehead atoms. The fourth-order valence-corrected chi connectivity index (χ4v) is 3.39. The summed E-state index contributed by atoms with van der Waals surface area (Å²) in [6, 6.07) is 19.7. The molecule has 1 aliphatic carbocycles. The Labute approximate surface area is 186 Å². The Hall–Kier alpha value is -2.54. The van der Waals surface area contributed by atoms with Crippen LogP contribution in [0.15, 0.2) is 92.2 Å². The lowest BCUT2D eigenvalue weighted by atomic mass is 9.81. The second kappa shape index (κ2) is 18.5. The largest absolute Gasteiger partial charge is 0.405 e. The van der Waals surface area contributed by atoms with Gasteiger partial charge in [0.15, 0.2) is 0 Å².